The van der Waals surface area contributed by atoms with E-state index in [9.17, 15) is 9.59 Å². The Bertz CT molecular complexity index is 717. The Balaban J connectivity index is 2.28. The van der Waals surface area contributed by atoms with E-state index in [0.717, 1.165) is 6.42 Å². The highest BCUT2D eigenvalue weighted by atomic mass is 35.5. The van der Waals surface area contributed by atoms with Crippen molar-refractivity contribution in [2.75, 3.05) is 13.1 Å². The predicted octanol–water partition coefficient (Wildman–Crippen LogP) is 3.36. The summed E-state index contributed by atoms with van der Waals surface area (Å²) in [6.45, 7) is 10.5. The molecule has 7 nitrogen and oxygen atoms in total. The molecular weight excluding hydrogens is 368 g/mol. The van der Waals surface area contributed by atoms with Crippen LogP contribution in [-0.4, -0.2) is 63.9 Å². The molecule has 0 aliphatic carbocycles. The zero-order chi connectivity index (χ0) is 20.2. The Hall–Kier alpha value is -2.15. The van der Waals surface area contributed by atoms with Gasteiger partial charge in [0.25, 0.3) is 0 Å². The highest BCUT2D eigenvalue weighted by Crippen LogP contribution is 2.23. The number of rotatable bonds is 3. The molecule has 1 aromatic rings. The van der Waals surface area contributed by atoms with Gasteiger partial charge in [-0.1, -0.05) is 24.6 Å². The van der Waals surface area contributed by atoms with Crippen molar-refractivity contribution < 1.29 is 14.3 Å². The average Bonchev–Trinajstić information content (AvgIpc) is 2.58. The van der Waals surface area contributed by atoms with Crippen molar-refractivity contribution in [2.45, 2.75) is 58.7 Å². The third kappa shape index (κ3) is 5.42. The quantitative estimate of drug-likeness (QED) is 0.340. The second-order valence-electron chi connectivity index (χ2n) is 7.60. The van der Waals surface area contributed by atoms with E-state index in [1.165, 1.54) is 0 Å². The number of piperazine rings is 1. The smallest absolute Gasteiger partial charge is 0.410 e. The van der Waals surface area contributed by atoms with Crippen molar-refractivity contribution in [1.82, 2.24) is 14.8 Å². The lowest BCUT2D eigenvalue weighted by atomic mass is 10.0. The van der Waals surface area contributed by atoms with Gasteiger partial charge < -0.3 is 14.5 Å². The summed E-state index contributed by atoms with van der Waals surface area (Å²) in [5, 5.41) is 0.332. The van der Waals surface area contributed by atoms with Gasteiger partial charge in [0.1, 0.15) is 16.4 Å². The maximum Gasteiger partial charge on any atom is 0.410 e. The number of ether oxygens (including phenoxy) is 1. The largest absolute Gasteiger partial charge is 0.444 e. The highest BCUT2D eigenvalue weighted by Gasteiger charge is 2.37. The molecule has 2 heterocycles. The summed E-state index contributed by atoms with van der Waals surface area (Å²) in [5.41, 5.74) is -0.0214. The first kappa shape index (κ1) is 21.2. The van der Waals surface area contributed by atoms with E-state index >= 15 is 0 Å². The van der Waals surface area contributed by atoms with E-state index in [-0.39, 0.29) is 18.2 Å². The summed E-state index contributed by atoms with van der Waals surface area (Å²) in [5.74, 6) is 0.460. The van der Waals surface area contributed by atoms with Crippen LogP contribution < -0.4 is 0 Å². The minimum atomic E-state index is -0.551. The number of pyridine rings is 1. The van der Waals surface area contributed by atoms with E-state index in [4.69, 9.17) is 16.3 Å². The number of amidine groups is 1. The molecule has 148 valence electrons. The van der Waals surface area contributed by atoms with Crippen LogP contribution in [0.15, 0.2) is 23.2 Å². The lowest BCUT2D eigenvalue weighted by Crippen LogP contribution is -2.61. The van der Waals surface area contributed by atoms with E-state index < -0.39 is 5.60 Å². The van der Waals surface area contributed by atoms with Crippen molar-refractivity contribution >= 4 is 29.9 Å². The van der Waals surface area contributed by atoms with Gasteiger partial charge in [-0.05, 0) is 46.2 Å². The van der Waals surface area contributed by atoms with Crippen LogP contribution in [0.25, 0.3) is 0 Å². The zero-order valence-electron chi connectivity index (χ0n) is 16.5. The fourth-order valence-electron chi connectivity index (χ4n) is 3.10. The standard InChI is InChI=1S/C19H27ClN4O3/c1-6-14-11-23(13(2)10-24(14)18(26)27-19(3,4)5)17(21-12-25)15-8-7-9-16(20)22-15/h7-9,12-14H,6,10-11H2,1-5H3/b21-17+/t13-,14+/m0/s1. The Morgan fingerprint density at radius 3 is 2.63 bits per heavy atom. The van der Waals surface area contributed by atoms with Crippen molar-refractivity contribution in [3.8, 4) is 0 Å². The Morgan fingerprint density at radius 1 is 1.37 bits per heavy atom. The molecule has 27 heavy (non-hydrogen) atoms. The van der Waals surface area contributed by atoms with Crippen LogP contribution in [0.1, 0.15) is 46.7 Å². The van der Waals surface area contributed by atoms with Gasteiger partial charge in [-0.15, -0.1) is 0 Å². The van der Waals surface area contributed by atoms with Crippen LogP contribution in [0, 0.1) is 0 Å². The summed E-state index contributed by atoms with van der Waals surface area (Å²) < 4.78 is 5.55. The molecule has 0 unspecified atom stereocenters. The maximum absolute atomic E-state index is 12.6. The molecule has 1 aliphatic rings. The van der Waals surface area contributed by atoms with Gasteiger partial charge in [0.2, 0.25) is 6.41 Å². The molecule has 1 saturated heterocycles. The van der Waals surface area contributed by atoms with Crippen molar-refractivity contribution in [3.63, 3.8) is 0 Å². The second-order valence-corrected chi connectivity index (χ2v) is 7.99. The summed E-state index contributed by atoms with van der Waals surface area (Å²) in [6.07, 6.45) is 0.932. The third-order valence-corrected chi connectivity index (χ3v) is 4.54. The number of hydrogen-bond donors (Lipinski definition) is 0. The molecule has 2 atom stereocenters. The molecule has 2 rings (SSSR count). The molecule has 0 aromatic carbocycles. The molecule has 0 spiro atoms. The van der Waals surface area contributed by atoms with Gasteiger partial charge in [0.05, 0.1) is 6.04 Å². The van der Waals surface area contributed by atoms with Gasteiger partial charge in [-0.3, -0.25) is 4.79 Å². The first-order chi connectivity index (χ1) is 12.7. The molecule has 1 aromatic heterocycles. The number of carbonyl (C=O) groups excluding carboxylic acids is 2. The monoisotopic (exact) mass is 394 g/mol. The number of nitrogens with zero attached hydrogens (tertiary/aromatic N) is 4. The number of aromatic nitrogens is 1. The fraction of sp³-hybridized carbons (Fsp3) is 0.579. The van der Waals surface area contributed by atoms with Crippen LogP contribution >= 0.6 is 11.6 Å². The van der Waals surface area contributed by atoms with Crippen molar-refractivity contribution in [2.24, 2.45) is 4.99 Å². The Labute approximate surface area is 165 Å². The normalized spacial score (nSPS) is 21.2. The van der Waals surface area contributed by atoms with Gasteiger partial charge >= 0.3 is 6.09 Å². The zero-order valence-corrected chi connectivity index (χ0v) is 17.2. The first-order valence-electron chi connectivity index (χ1n) is 9.07. The molecule has 1 aliphatic heterocycles. The number of carbonyl (C=O) groups is 2. The van der Waals surface area contributed by atoms with Gasteiger partial charge in [0.15, 0.2) is 5.84 Å². The molecule has 1 fully saturated rings. The maximum atomic E-state index is 12.6. The number of hydrogen-bond acceptors (Lipinski definition) is 4. The van der Waals surface area contributed by atoms with Gasteiger partial charge in [-0.25, -0.2) is 9.78 Å². The van der Waals surface area contributed by atoms with Crippen LogP contribution in [0.4, 0.5) is 4.79 Å². The van der Waals surface area contributed by atoms with Crippen LogP contribution in [0.2, 0.25) is 5.15 Å². The van der Waals surface area contributed by atoms with E-state index in [0.29, 0.717) is 36.2 Å². The van der Waals surface area contributed by atoms with E-state index in [1.807, 2.05) is 39.5 Å². The van der Waals surface area contributed by atoms with Crippen LogP contribution in [0.3, 0.4) is 0 Å². The molecule has 0 radical (unpaired) electrons. The molecular formula is C19H27ClN4O3. The summed E-state index contributed by atoms with van der Waals surface area (Å²) in [4.78, 5) is 35.8. The number of aliphatic imine (C=N–C) groups is 1. The van der Waals surface area contributed by atoms with E-state index in [1.54, 1.807) is 23.1 Å². The van der Waals surface area contributed by atoms with Gasteiger partial charge in [0, 0.05) is 19.1 Å². The van der Waals surface area contributed by atoms with E-state index in [2.05, 4.69) is 9.98 Å². The molecule has 0 N–H and O–H groups in total. The van der Waals surface area contributed by atoms with Crippen molar-refractivity contribution in [1.29, 1.82) is 0 Å². The first-order valence-corrected chi connectivity index (χ1v) is 9.44. The predicted molar refractivity (Wildman–Crippen MR) is 105 cm³/mol. The second kappa shape index (κ2) is 8.69. The minimum Gasteiger partial charge on any atom is -0.444 e. The van der Waals surface area contributed by atoms with Crippen LogP contribution in [-0.2, 0) is 9.53 Å². The fourth-order valence-corrected chi connectivity index (χ4v) is 3.26. The molecule has 2 amide bonds. The SMILES string of the molecule is CC[C@@H]1CN(/C(=N/C=O)c2cccc(Cl)n2)[C@@H](C)CN1C(=O)OC(C)(C)C. The Kier molecular flexibility index (Phi) is 6.81. The molecule has 0 saturated carbocycles. The molecule has 8 heteroatoms. The third-order valence-electron chi connectivity index (χ3n) is 4.33. The molecule has 0 bridgehead atoms. The lowest BCUT2D eigenvalue weighted by molar-refractivity contribution is -0.106. The average molecular weight is 395 g/mol. The summed E-state index contributed by atoms with van der Waals surface area (Å²) >= 11 is 6.00. The minimum absolute atomic E-state index is 0.0629. The van der Waals surface area contributed by atoms with Gasteiger partial charge in [-0.2, -0.15) is 4.99 Å². The summed E-state index contributed by atoms with van der Waals surface area (Å²) in [6, 6.07) is 5.07. The van der Waals surface area contributed by atoms with Crippen LogP contribution in [0.5, 0.6) is 0 Å². The highest BCUT2D eigenvalue weighted by molar-refractivity contribution is 6.29. The number of amides is 2. The topological polar surface area (TPSA) is 75.1 Å². The lowest BCUT2D eigenvalue weighted by Gasteiger charge is -2.46. The van der Waals surface area contributed by atoms with Crippen molar-refractivity contribution in [3.05, 3.63) is 29.0 Å². The summed E-state index contributed by atoms with van der Waals surface area (Å²) in [7, 11) is 0. The number of halogens is 1. The Morgan fingerprint density at radius 2 is 2.07 bits per heavy atom.